The van der Waals surface area contributed by atoms with Crippen molar-refractivity contribution in [1.82, 2.24) is 15.0 Å². The molecule has 1 aromatic heterocycles. The molecule has 0 amide bonds. The highest BCUT2D eigenvalue weighted by Crippen LogP contribution is 2.22. The summed E-state index contributed by atoms with van der Waals surface area (Å²) in [5.74, 6) is 0. The van der Waals surface area contributed by atoms with E-state index in [1.807, 2.05) is 13.1 Å². The summed E-state index contributed by atoms with van der Waals surface area (Å²) in [5, 5.41) is 8.19. The van der Waals surface area contributed by atoms with E-state index in [2.05, 4.69) is 41.5 Å². The summed E-state index contributed by atoms with van der Waals surface area (Å²) < 4.78 is 1.78. The number of rotatable bonds is 6. The Bertz CT molecular complexity index is 504. The van der Waals surface area contributed by atoms with Crippen molar-refractivity contribution in [3.8, 4) is 5.69 Å². The molecule has 0 fully saturated rings. The van der Waals surface area contributed by atoms with Crippen molar-refractivity contribution in [1.29, 1.82) is 0 Å². The molecular weight excluding hydrogens is 258 g/mol. The quantitative estimate of drug-likeness (QED) is 0.737. The van der Waals surface area contributed by atoms with Gasteiger partial charge < -0.3 is 0 Å². The normalized spacial score (nSPS) is 12.6. The first-order valence-corrected chi connectivity index (χ1v) is 7.33. The number of aromatic nitrogens is 3. The molecule has 102 valence electrons. The van der Waals surface area contributed by atoms with Crippen LogP contribution in [0.1, 0.15) is 49.7 Å². The third-order valence-electron chi connectivity index (χ3n) is 3.21. The van der Waals surface area contributed by atoms with Gasteiger partial charge in [-0.1, -0.05) is 37.6 Å². The summed E-state index contributed by atoms with van der Waals surface area (Å²) in [6.45, 7) is 4.25. The fraction of sp³-hybridized carbons (Fsp3) is 0.467. The molecule has 4 heteroatoms. The van der Waals surface area contributed by atoms with Gasteiger partial charge in [-0.3, -0.25) is 0 Å². The van der Waals surface area contributed by atoms with Crippen molar-refractivity contribution in [3.63, 3.8) is 0 Å². The van der Waals surface area contributed by atoms with Gasteiger partial charge in [-0.15, -0.1) is 16.7 Å². The predicted octanol–water partition coefficient (Wildman–Crippen LogP) is 4.30. The van der Waals surface area contributed by atoms with Crippen LogP contribution in [0.4, 0.5) is 0 Å². The summed E-state index contributed by atoms with van der Waals surface area (Å²) >= 11 is 6.16. The first-order chi connectivity index (χ1) is 9.24. The van der Waals surface area contributed by atoms with Crippen LogP contribution in [0, 0.1) is 0 Å². The van der Waals surface area contributed by atoms with Crippen molar-refractivity contribution < 1.29 is 0 Å². The van der Waals surface area contributed by atoms with E-state index in [0.29, 0.717) is 0 Å². The topological polar surface area (TPSA) is 30.7 Å². The Kier molecular flexibility index (Phi) is 4.97. The lowest BCUT2D eigenvalue weighted by Crippen LogP contribution is -1.95. The summed E-state index contributed by atoms with van der Waals surface area (Å²) in [6.07, 6.45) is 6.36. The van der Waals surface area contributed by atoms with Gasteiger partial charge in [0.05, 0.1) is 17.3 Å². The van der Waals surface area contributed by atoms with E-state index < -0.39 is 0 Å². The monoisotopic (exact) mass is 277 g/mol. The van der Waals surface area contributed by atoms with Crippen molar-refractivity contribution in [2.75, 3.05) is 0 Å². The van der Waals surface area contributed by atoms with E-state index in [9.17, 15) is 0 Å². The fourth-order valence-electron chi connectivity index (χ4n) is 1.95. The van der Waals surface area contributed by atoms with Gasteiger partial charge in [0.1, 0.15) is 5.69 Å². The number of halogens is 1. The lowest BCUT2D eigenvalue weighted by molar-refractivity contribution is 0.781. The molecule has 0 saturated carbocycles. The van der Waals surface area contributed by atoms with Crippen LogP contribution in [0.2, 0.25) is 0 Å². The van der Waals surface area contributed by atoms with E-state index in [1.165, 1.54) is 18.4 Å². The molecule has 2 aromatic rings. The first kappa shape index (κ1) is 14.1. The van der Waals surface area contributed by atoms with Gasteiger partial charge in [0, 0.05) is 0 Å². The summed E-state index contributed by atoms with van der Waals surface area (Å²) in [6, 6.07) is 8.48. The zero-order chi connectivity index (χ0) is 13.7. The first-order valence-electron chi connectivity index (χ1n) is 6.90. The highest BCUT2D eigenvalue weighted by Gasteiger charge is 2.10. The standard InChI is InChI=1S/C15H20ClN3/c1-3-5-6-12-7-9-13(10-8-12)19-11-15(17-18-19)14(16)4-2/h7-11,14H,3-6H2,1-2H3. The number of aryl methyl sites for hydroxylation is 1. The zero-order valence-corrected chi connectivity index (χ0v) is 12.3. The summed E-state index contributed by atoms with van der Waals surface area (Å²) in [7, 11) is 0. The largest absolute Gasteiger partial charge is 0.220 e. The molecule has 0 aliphatic carbocycles. The average molecular weight is 278 g/mol. The molecule has 1 aromatic carbocycles. The van der Waals surface area contributed by atoms with Crippen LogP contribution in [0.15, 0.2) is 30.5 Å². The van der Waals surface area contributed by atoms with Gasteiger partial charge in [0.15, 0.2) is 0 Å². The number of nitrogens with zero attached hydrogens (tertiary/aromatic N) is 3. The maximum Gasteiger partial charge on any atom is 0.101 e. The minimum Gasteiger partial charge on any atom is -0.220 e. The Morgan fingerprint density at radius 1 is 1.21 bits per heavy atom. The summed E-state index contributed by atoms with van der Waals surface area (Å²) in [5.41, 5.74) is 3.23. The number of hydrogen-bond acceptors (Lipinski definition) is 2. The molecule has 0 radical (unpaired) electrons. The molecular formula is C15H20ClN3. The number of unbranched alkanes of at least 4 members (excludes halogenated alkanes) is 1. The molecule has 19 heavy (non-hydrogen) atoms. The second-order valence-electron chi connectivity index (χ2n) is 4.73. The van der Waals surface area contributed by atoms with Crippen LogP contribution in [0.25, 0.3) is 5.69 Å². The maximum atomic E-state index is 6.16. The van der Waals surface area contributed by atoms with Gasteiger partial charge in [-0.05, 0) is 37.0 Å². The highest BCUT2D eigenvalue weighted by molar-refractivity contribution is 6.20. The molecule has 0 N–H and O–H groups in total. The molecule has 1 atom stereocenters. The number of hydrogen-bond donors (Lipinski definition) is 0. The fourth-order valence-corrected chi connectivity index (χ4v) is 2.05. The Balaban J connectivity index is 2.11. The zero-order valence-electron chi connectivity index (χ0n) is 11.5. The molecule has 0 saturated heterocycles. The van der Waals surface area contributed by atoms with Gasteiger partial charge in [-0.2, -0.15) is 0 Å². The third kappa shape index (κ3) is 3.57. The molecule has 0 bridgehead atoms. The van der Waals surface area contributed by atoms with Crippen LogP contribution in [0.5, 0.6) is 0 Å². The Labute approximate surface area is 119 Å². The average Bonchev–Trinajstić information content (AvgIpc) is 2.94. The van der Waals surface area contributed by atoms with Crippen LogP contribution >= 0.6 is 11.6 Å². The number of benzene rings is 1. The van der Waals surface area contributed by atoms with Crippen LogP contribution in [-0.2, 0) is 6.42 Å². The molecule has 0 aliphatic heterocycles. The Morgan fingerprint density at radius 3 is 2.58 bits per heavy atom. The number of alkyl halides is 1. The van der Waals surface area contributed by atoms with Crippen molar-refractivity contribution >= 4 is 11.6 Å². The van der Waals surface area contributed by atoms with Crippen molar-refractivity contribution in [3.05, 3.63) is 41.7 Å². The minimum absolute atomic E-state index is 0.0578. The molecule has 0 aliphatic rings. The van der Waals surface area contributed by atoms with E-state index in [1.54, 1.807) is 4.68 Å². The van der Waals surface area contributed by atoms with Gasteiger partial charge >= 0.3 is 0 Å². The molecule has 0 spiro atoms. The van der Waals surface area contributed by atoms with Crippen LogP contribution in [0.3, 0.4) is 0 Å². The van der Waals surface area contributed by atoms with Crippen LogP contribution < -0.4 is 0 Å². The minimum atomic E-state index is -0.0578. The lowest BCUT2D eigenvalue weighted by Gasteiger charge is -2.03. The van der Waals surface area contributed by atoms with Gasteiger partial charge in [-0.25, -0.2) is 4.68 Å². The lowest BCUT2D eigenvalue weighted by atomic mass is 10.1. The van der Waals surface area contributed by atoms with Gasteiger partial charge in [0.25, 0.3) is 0 Å². The summed E-state index contributed by atoms with van der Waals surface area (Å²) in [4.78, 5) is 0. The van der Waals surface area contributed by atoms with Crippen molar-refractivity contribution in [2.45, 2.75) is 44.9 Å². The molecule has 1 unspecified atom stereocenters. The Morgan fingerprint density at radius 2 is 1.95 bits per heavy atom. The maximum absolute atomic E-state index is 6.16. The molecule has 2 rings (SSSR count). The Hall–Kier alpha value is -1.35. The smallest absolute Gasteiger partial charge is 0.101 e. The van der Waals surface area contributed by atoms with Crippen LogP contribution in [-0.4, -0.2) is 15.0 Å². The second-order valence-corrected chi connectivity index (χ2v) is 5.26. The van der Waals surface area contributed by atoms with E-state index in [4.69, 9.17) is 11.6 Å². The van der Waals surface area contributed by atoms with E-state index in [0.717, 1.165) is 24.2 Å². The third-order valence-corrected chi connectivity index (χ3v) is 3.74. The second kappa shape index (κ2) is 6.71. The van der Waals surface area contributed by atoms with E-state index >= 15 is 0 Å². The highest BCUT2D eigenvalue weighted by atomic mass is 35.5. The molecule has 1 heterocycles. The predicted molar refractivity (Wildman–Crippen MR) is 78.9 cm³/mol. The molecule has 3 nitrogen and oxygen atoms in total. The van der Waals surface area contributed by atoms with Crippen molar-refractivity contribution in [2.24, 2.45) is 0 Å². The van der Waals surface area contributed by atoms with E-state index in [-0.39, 0.29) is 5.38 Å². The SMILES string of the molecule is CCCCc1ccc(-n2cc(C(Cl)CC)nn2)cc1. The van der Waals surface area contributed by atoms with Gasteiger partial charge in [0.2, 0.25) is 0 Å².